The van der Waals surface area contributed by atoms with Crippen LogP contribution in [0.5, 0.6) is 0 Å². The molecule has 2 N–H and O–H groups in total. The largest absolute Gasteiger partial charge is 0.369 e. The molecule has 1 aliphatic rings. The Hall–Kier alpha value is -3.49. The summed E-state index contributed by atoms with van der Waals surface area (Å²) in [5.41, 5.74) is 3.88. The highest BCUT2D eigenvalue weighted by atomic mass is 16.5. The standard InChI is InChI=1S/C28H36N6O2/c1-4-30-28-31-18-24-26(32-28)33(3)16-17-34(27(24)35)19-22-12-8-9-13-23(22)20-36-25(14-15-29-2)21-10-6-5-7-11-21/h5-13,18,25,29H,4,14-17,19-20H2,1-3H3,(H,30,31,32). The highest BCUT2D eigenvalue weighted by molar-refractivity contribution is 5.99. The van der Waals surface area contributed by atoms with Gasteiger partial charge in [0.05, 0.1) is 12.7 Å². The number of nitrogens with zero attached hydrogens (tertiary/aromatic N) is 4. The second-order valence-corrected chi connectivity index (χ2v) is 8.98. The molecule has 0 spiro atoms. The molecule has 2 heterocycles. The van der Waals surface area contributed by atoms with E-state index in [-0.39, 0.29) is 12.0 Å². The van der Waals surface area contributed by atoms with Crippen LogP contribution in [-0.4, -0.2) is 61.0 Å². The number of nitrogens with one attached hydrogen (secondary N) is 2. The van der Waals surface area contributed by atoms with Gasteiger partial charge in [-0.15, -0.1) is 0 Å². The van der Waals surface area contributed by atoms with E-state index < -0.39 is 0 Å². The lowest BCUT2D eigenvalue weighted by Crippen LogP contribution is -2.33. The molecule has 190 valence electrons. The normalized spacial score (nSPS) is 14.4. The van der Waals surface area contributed by atoms with Gasteiger partial charge in [-0.2, -0.15) is 4.98 Å². The zero-order chi connectivity index (χ0) is 25.3. The van der Waals surface area contributed by atoms with Crippen molar-refractivity contribution >= 4 is 17.7 Å². The molecule has 36 heavy (non-hydrogen) atoms. The minimum atomic E-state index is -0.0516. The summed E-state index contributed by atoms with van der Waals surface area (Å²) in [6.07, 6.45) is 2.51. The van der Waals surface area contributed by atoms with Crippen LogP contribution in [0.1, 0.15) is 46.5 Å². The summed E-state index contributed by atoms with van der Waals surface area (Å²) < 4.78 is 6.43. The Kier molecular flexibility index (Phi) is 8.86. The lowest BCUT2D eigenvalue weighted by Gasteiger charge is -2.24. The van der Waals surface area contributed by atoms with Crippen molar-refractivity contribution in [3.63, 3.8) is 0 Å². The zero-order valence-electron chi connectivity index (χ0n) is 21.4. The van der Waals surface area contributed by atoms with Gasteiger partial charge in [-0.3, -0.25) is 4.79 Å². The quantitative estimate of drug-likeness (QED) is 0.424. The summed E-state index contributed by atoms with van der Waals surface area (Å²) >= 11 is 0. The van der Waals surface area contributed by atoms with Crippen LogP contribution in [0.4, 0.5) is 11.8 Å². The summed E-state index contributed by atoms with van der Waals surface area (Å²) in [5.74, 6) is 1.16. The molecule has 0 aliphatic carbocycles. The van der Waals surface area contributed by atoms with Gasteiger partial charge in [0.1, 0.15) is 11.4 Å². The first-order chi connectivity index (χ1) is 17.6. The first-order valence-electron chi connectivity index (χ1n) is 12.6. The van der Waals surface area contributed by atoms with Crippen molar-refractivity contribution < 1.29 is 9.53 Å². The Morgan fingerprint density at radius 1 is 1.06 bits per heavy atom. The Balaban J connectivity index is 1.51. The monoisotopic (exact) mass is 488 g/mol. The van der Waals surface area contributed by atoms with Crippen LogP contribution in [0.25, 0.3) is 0 Å². The van der Waals surface area contributed by atoms with Gasteiger partial charge in [0.25, 0.3) is 5.91 Å². The number of likely N-dealkylation sites (N-methyl/N-ethyl adjacent to an activating group) is 1. The smallest absolute Gasteiger partial charge is 0.259 e. The molecule has 1 aliphatic heterocycles. The lowest BCUT2D eigenvalue weighted by atomic mass is 10.1. The Bertz CT molecular complexity index is 1140. The van der Waals surface area contributed by atoms with Gasteiger partial charge in [0, 0.05) is 39.4 Å². The molecule has 8 heteroatoms. The fourth-order valence-corrected chi connectivity index (χ4v) is 4.40. The maximum atomic E-state index is 13.5. The van der Waals surface area contributed by atoms with Crippen LogP contribution in [0.2, 0.25) is 0 Å². The maximum Gasteiger partial charge on any atom is 0.259 e. The lowest BCUT2D eigenvalue weighted by molar-refractivity contribution is 0.0336. The molecule has 1 amide bonds. The van der Waals surface area contributed by atoms with Crippen LogP contribution in [0.3, 0.4) is 0 Å². The highest BCUT2D eigenvalue weighted by Gasteiger charge is 2.27. The van der Waals surface area contributed by atoms with E-state index in [1.165, 1.54) is 5.56 Å². The van der Waals surface area contributed by atoms with Gasteiger partial charge in [-0.25, -0.2) is 4.98 Å². The average molecular weight is 489 g/mol. The molecule has 3 aromatic rings. The van der Waals surface area contributed by atoms with Crippen molar-refractivity contribution in [1.29, 1.82) is 0 Å². The first-order valence-corrected chi connectivity index (χ1v) is 12.6. The number of carbonyl (C=O) groups excluding carboxylic acids is 1. The summed E-state index contributed by atoms with van der Waals surface area (Å²) in [5, 5.41) is 6.35. The zero-order valence-corrected chi connectivity index (χ0v) is 21.4. The molecule has 4 rings (SSSR count). The third kappa shape index (κ3) is 6.19. The van der Waals surface area contributed by atoms with Gasteiger partial charge < -0.3 is 25.2 Å². The molecular weight excluding hydrogens is 452 g/mol. The number of anilines is 2. The van der Waals surface area contributed by atoms with Gasteiger partial charge in [0.2, 0.25) is 5.95 Å². The topological polar surface area (TPSA) is 82.6 Å². The Labute approximate surface area is 213 Å². The predicted octanol–water partition coefficient (Wildman–Crippen LogP) is 3.87. The number of hydrogen-bond donors (Lipinski definition) is 2. The second kappa shape index (κ2) is 12.5. The van der Waals surface area contributed by atoms with Gasteiger partial charge >= 0.3 is 0 Å². The molecule has 0 saturated heterocycles. The first kappa shape index (κ1) is 25.6. The van der Waals surface area contributed by atoms with Crippen LogP contribution >= 0.6 is 0 Å². The fourth-order valence-electron chi connectivity index (χ4n) is 4.40. The van der Waals surface area contributed by atoms with E-state index in [0.29, 0.717) is 43.6 Å². The summed E-state index contributed by atoms with van der Waals surface area (Å²) in [4.78, 5) is 26.3. The molecule has 1 aromatic heterocycles. The van der Waals surface area contributed by atoms with Gasteiger partial charge in [0.15, 0.2) is 0 Å². The van der Waals surface area contributed by atoms with E-state index in [0.717, 1.165) is 30.6 Å². The van der Waals surface area contributed by atoms with E-state index >= 15 is 0 Å². The summed E-state index contributed by atoms with van der Waals surface area (Å²) in [6, 6.07) is 18.5. The third-order valence-corrected chi connectivity index (χ3v) is 6.44. The molecule has 1 atom stereocenters. The number of rotatable bonds is 11. The minimum absolute atomic E-state index is 0.00451. The van der Waals surface area contributed by atoms with Crippen LogP contribution < -0.4 is 15.5 Å². The number of carbonyl (C=O) groups is 1. The number of ether oxygens (including phenoxy) is 1. The van der Waals surface area contributed by atoms with Crippen molar-refractivity contribution in [2.45, 2.75) is 32.6 Å². The third-order valence-electron chi connectivity index (χ3n) is 6.44. The summed E-state index contributed by atoms with van der Waals surface area (Å²) in [6.45, 7) is 5.87. The summed E-state index contributed by atoms with van der Waals surface area (Å²) in [7, 11) is 3.92. The predicted molar refractivity (Wildman–Crippen MR) is 143 cm³/mol. The van der Waals surface area contributed by atoms with Crippen molar-refractivity contribution in [2.75, 3.05) is 50.5 Å². The van der Waals surface area contributed by atoms with Crippen LogP contribution in [0.15, 0.2) is 60.8 Å². The minimum Gasteiger partial charge on any atom is -0.369 e. The van der Waals surface area contributed by atoms with E-state index in [1.807, 2.05) is 61.2 Å². The number of fused-ring (bicyclic) bond motifs is 1. The molecule has 1 unspecified atom stereocenters. The van der Waals surface area contributed by atoms with Crippen molar-refractivity contribution in [3.05, 3.63) is 83.0 Å². The van der Waals surface area contributed by atoms with Crippen LogP contribution in [0, 0.1) is 0 Å². The molecular formula is C28H36N6O2. The van der Waals surface area contributed by atoms with E-state index in [2.05, 4.69) is 44.9 Å². The van der Waals surface area contributed by atoms with Gasteiger partial charge in [-0.1, -0.05) is 54.6 Å². The molecule has 8 nitrogen and oxygen atoms in total. The number of amides is 1. The second-order valence-electron chi connectivity index (χ2n) is 8.98. The van der Waals surface area contributed by atoms with Crippen molar-refractivity contribution in [3.8, 4) is 0 Å². The van der Waals surface area contributed by atoms with E-state index in [9.17, 15) is 4.79 Å². The van der Waals surface area contributed by atoms with Crippen LogP contribution in [-0.2, 0) is 17.9 Å². The molecule has 0 radical (unpaired) electrons. The number of hydrogen-bond acceptors (Lipinski definition) is 7. The van der Waals surface area contributed by atoms with Crippen molar-refractivity contribution in [1.82, 2.24) is 20.2 Å². The molecule has 0 bridgehead atoms. The Morgan fingerprint density at radius 2 is 1.81 bits per heavy atom. The van der Waals surface area contributed by atoms with Gasteiger partial charge in [-0.05, 0) is 43.6 Å². The highest BCUT2D eigenvalue weighted by Crippen LogP contribution is 2.26. The Morgan fingerprint density at radius 3 is 2.56 bits per heavy atom. The average Bonchev–Trinajstić information content (AvgIpc) is 3.02. The van der Waals surface area contributed by atoms with E-state index in [1.54, 1.807) is 6.20 Å². The molecule has 0 fully saturated rings. The molecule has 0 saturated carbocycles. The number of benzene rings is 2. The van der Waals surface area contributed by atoms with Crippen molar-refractivity contribution in [2.24, 2.45) is 0 Å². The maximum absolute atomic E-state index is 13.5. The van der Waals surface area contributed by atoms with E-state index in [4.69, 9.17) is 4.74 Å². The SMILES string of the molecule is CCNc1ncc2c(n1)N(C)CCN(Cc1ccccc1COC(CCNC)c1ccccc1)C2=O. The fraction of sp³-hybridized carbons (Fsp3) is 0.393. The molecule has 2 aromatic carbocycles. The number of aromatic nitrogens is 2.